The van der Waals surface area contributed by atoms with Gasteiger partial charge in [0, 0.05) is 5.02 Å². The largest absolute Gasteiger partial charge is 0.494 e. The van der Waals surface area contributed by atoms with Gasteiger partial charge in [-0.3, -0.25) is 9.10 Å². The van der Waals surface area contributed by atoms with Crippen LogP contribution in [-0.2, 0) is 14.8 Å². The highest BCUT2D eigenvalue weighted by atomic mass is 35.5. The van der Waals surface area contributed by atoms with Crippen molar-refractivity contribution in [1.82, 2.24) is 5.43 Å². The summed E-state index contributed by atoms with van der Waals surface area (Å²) >= 11 is 5.86. The lowest BCUT2D eigenvalue weighted by molar-refractivity contribution is -0.119. The van der Waals surface area contributed by atoms with Crippen molar-refractivity contribution in [3.05, 3.63) is 88.9 Å². The summed E-state index contributed by atoms with van der Waals surface area (Å²) in [7, 11) is -4.01. The lowest BCUT2D eigenvalue weighted by Crippen LogP contribution is -2.39. The average Bonchev–Trinajstić information content (AvgIpc) is 2.80. The number of sulfonamides is 1. The molecule has 0 heterocycles. The van der Waals surface area contributed by atoms with Gasteiger partial charge in [-0.1, -0.05) is 41.4 Å². The van der Waals surface area contributed by atoms with Crippen molar-refractivity contribution in [3.63, 3.8) is 0 Å². The zero-order valence-electron chi connectivity index (χ0n) is 18.2. The van der Waals surface area contributed by atoms with E-state index in [4.69, 9.17) is 16.3 Å². The zero-order valence-corrected chi connectivity index (χ0v) is 19.8. The van der Waals surface area contributed by atoms with Gasteiger partial charge in [-0.25, -0.2) is 13.8 Å². The molecule has 3 aromatic rings. The first kappa shape index (κ1) is 24.3. The van der Waals surface area contributed by atoms with Gasteiger partial charge in [-0.05, 0) is 67.9 Å². The summed E-state index contributed by atoms with van der Waals surface area (Å²) in [6.07, 6.45) is 1.45. The Morgan fingerprint density at radius 2 is 1.67 bits per heavy atom. The molecular formula is C24H24ClN3O4S. The van der Waals surface area contributed by atoms with Crippen LogP contribution in [0.15, 0.2) is 82.8 Å². The number of ether oxygens (including phenoxy) is 1. The number of nitrogens with one attached hydrogen (secondary N) is 1. The first-order valence-corrected chi connectivity index (χ1v) is 12.0. The van der Waals surface area contributed by atoms with Crippen molar-refractivity contribution in [1.29, 1.82) is 0 Å². The second-order valence-electron chi connectivity index (χ2n) is 7.10. The van der Waals surface area contributed by atoms with E-state index in [-0.39, 0.29) is 4.90 Å². The minimum Gasteiger partial charge on any atom is -0.494 e. The molecule has 0 saturated carbocycles. The van der Waals surface area contributed by atoms with Crippen LogP contribution < -0.4 is 14.5 Å². The highest BCUT2D eigenvalue weighted by Crippen LogP contribution is 2.26. The topological polar surface area (TPSA) is 88.1 Å². The SMILES string of the molecule is CCOc1ccc(N(CC(=O)N/N=C/c2ccc(Cl)cc2)S(=O)(=O)c2ccc(C)cc2)cc1. The molecule has 0 unspecified atom stereocenters. The highest BCUT2D eigenvalue weighted by molar-refractivity contribution is 7.92. The van der Waals surface area contributed by atoms with E-state index in [1.807, 2.05) is 13.8 Å². The number of carbonyl (C=O) groups is 1. The van der Waals surface area contributed by atoms with Gasteiger partial charge in [-0.15, -0.1) is 0 Å². The summed E-state index contributed by atoms with van der Waals surface area (Å²) in [5, 5.41) is 4.50. The van der Waals surface area contributed by atoms with Crippen molar-refractivity contribution in [3.8, 4) is 5.75 Å². The number of nitrogens with zero attached hydrogens (tertiary/aromatic N) is 2. The van der Waals surface area contributed by atoms with Crippen molar-refractivity contribution >= 4 is 39.4 Å². The van der Waals surface area contributed by atoms with E-state index >= 15 is 0 Å². The van der Waals surface area contributed by atoms with Crippen molar-refractivity contribution in [2.45, 2.75) is 18.7 Å². The first-order chi connectivity index (χ1) is 15.8. The predicted molar refractivity (Wildman–Crippen MR) is 131 cm³/mol. The molecule has 3 aromatic carbocycles. The monoisotopic (exact) mass is 485 g/mol. The van der Waals surface area contributed by atoms with Crippen LogP contribution in [-0.4, -0.2) is 33.7 Å². The summed E-state index contributed by atoms with van der Waals surface area (Å²) in [5.41, 5.74) is 4.37. The Bertz CT molecular complexity index is 1210. The van der Waals surface area contributed by atoms with Crippen LogP contribution >= 0.6 is 11.6 Å². The Morgan fingerprint density at radius 3 is 2.27 bits per heavy atom. The van der Waals surface area contributed by atoms with Gasteiger partial charge in [0.05, 0.1) is 23.4 Å². The number of carbonyl (C=O) groups excluding carboxylic acids is 1. The minimum absolute atomic E-state index is 0.0828. The molecule has 0 aliphatic carbocycles. The van der Waals surface area contributed by atoms with Crippen LogP contribution in [0.25, 0.3) is 0 Å². The summed E-state index contributed by atoms with van der Waals surface area (Å²) in [4.78, 5) is 12.7. The number of hydrogen-bond acceptors (Lipinski definition) is 5. The molecule has 0 spiro atoms. The highest BCUT2D eigenvalue weighted by Gasteiger charge is 2.27. The summed E-state index contributed by atoms with van der Waals surface area (Å²) in [6.45, 7) is 3.75. The fraction of sp³-hybridized carbons (Fsp3) is 0.167. The van der Waals surface area contributed by atoms with Crippen molar-refractivity contribution in [2.24, 2.45) is 5.10 Å². The van der Waals surface area contributed by atoms with Crippen LogP contribution in [0.4, 0.5) is 5.69 Å². The minimum atomic E-state index is -4.01. The van der Waals surface area contributed by atoms with Crippen molar-refractivity contribution < 1.29 is 17.9 Å². The van der Waals surface area contributed by atoms with Crippen LogP contribution in [0.2, 0.25) is 5.02 Å². The van der Waals surface area contributed by atoms with Crippen molar-refractivity contribution in [2.75, 3.05) is 17.5 Å². The van der Waals surface area contributed by atoms with E-state index in [2.05, 4.69) is 10.5 Å². The Hall–Kier alpha value is -3.36. The molecule has 172 valence electrons. The second kappa shape index (κ2) is 11.0. The Morgan fingerprint density at radius 1 is 1.03 bits per heavy atom. The number of halogens is 1. The smallest absolute Gasteiger partial charge is 0.264 e. The predicted octanol–water partition coefficient (Wildman–Crippen LogP) is 4.39. The molecule has 0 bridgehead atoms. The number of hydrazone groups is 1. The third-order valence-electron chi connectivity index (χ3n) is 4.60. The number of benzene rings is 3. The quantitative estimate of drug-likeness (QED) is 0.359. The third-order valence-corrected chi connectivity index (χ3v) is 6.64. The molecular weight excluding hydrogens is 462 g/mol. The molecule has 0 atom stereocenters. The van der Waals surface area contributed by atoms with E-state index < -0.39 is 22.5 Å². The Labute approximate surface area is 198 Å². The molecule has 1 amide bonds. The molecule has 0 aromatic heterocycles. The van der Waals surface area contributed by atoms with E-state index in [0.29, 0.717) is 23.1 Å². The molecule has 3 rings (SSSR count). The van der Waals surface area contributed by atoms with Gasteiger partial charge >= 0.3 is 0 Å². The van der Waals surface area contributed by atoms with Gasteiger partial charge in [0.15, 0.2) is 0 Å². The number of anilines is 1. The lowest BCUT2D eigenvalue weighted by Gasteiger charge is -2.24. The van der Waals surface area contributed by atoms with E-state index in [0.717, 1.165) is 15.4 Å². The van der Waals surface area contributed by atoms with Gasteiger partial charge in [0.1, 0.15) is 12.3 Å². The molecule has 0 saturated heterocycles. The lowest BCUT2D eigenvalue weighted by atomic mass is 10.2. The maximum atomic E-state index is 13.4. The molecule has 0 radical (unpaired) electrons. The maximum absolute atomic E-state index is 13.4. The summed E-state index contributed by atoms with van der Waals surface area (Å²) < 4.78 is 33.2. The van der Waals surface area contributed by atoms with Gasteiger partial charge < -0.3 is 4.74 Å². The third kappa shape index (κ3) is 6.57. The van der Waals surface area contributed by atoms with E-state index in [1.165, 1.54) is 18.3 Å². The van der Waals surface area contributed by atoms with Crippen LogP contribution in [0.5, 0.6) is 5.75 Å². The standard InChI is InChI=1S/C24H24ClN3O4S/c1-3-32-22-12-10-21(11-13-22)28(33(30,31)23-14-4-18(2)5-15-23)17-24(29)27-26-16-19-6-8-20(25)9-7-19/h4-16H,3,17H2,1-2H3,(H,27,29)/b26-16+. The molecule has 33 heavy (non-hydrogen) atoms. The first-order valence-electron chi connectivity index (χ1n) is 10.2. The van der Waals surface area contributed by atoms with Gasteiger partial charge in [-0.2, -0.15) is 5.10 Å². The van der Waals surface area contributed by atoms with Crippen LogP contribution in [0, 0.1) is 6.92 Å². The second-order valence-corrected chi connectivity index (χ2v) is 9.40. The Balaban J connectivity index is 1.83. The summed E-state index contributed by atoms with van der Waals surface area (Å²) in [6, 6.07) is 19.9. The van der Waals surface area contributed by atoms with Crippen LogP contribution in [0.1, 0.15) is 18.1 Å². The van der Waals surface area contributed by atoms with E-state index in [1.54, 1.807) is 60.7 Å². The zero-order chi connectivity index (χ0) is 23.8. The fourth-order valence-corrected chi connectivity index (χ4v) is 4.47. The van der Waals surface area contributed by atoms with Crippen LogP contribution in [0.3, 0.4) is 0 Å². The number of hydrogen-bond donors (Lipinski definition) is 1. The molecule has 9 heteroatoms. The fourth-order valence-electron chi connectivity index (χ4n) is 2.92. The van der Waals surface area contributed by atoms with Gasteiger partial charge in [0.25, 0.3) is 15.9 Å². The van der Waals surface area contributed by atoms with E-state index in [9.17, 15) is 13.2 Å². The normalized spacial score (nSPS) is 11.4. The number of rotatable bonds is 9. The molecule has 1 N–H and O–H groups in total. The average molecular weight is 486 g/mol. The molecule has 0 fully saturated rings. The summed E-state index contributed by atoms with van der Waals surface area (Å²) in [5.74, 6) is 0.00994. The maximum Gasteiger partial charge on any atom is 0.264 e. The molecule has 0 aliphatic heterocycles. The van der Waals surface area contributed by atoms with Gasteiger partial charge in [0.2, 0.25) is 0 Å². The molecule has 0 aliphatic rings. The number of aryl methyl sites for hydroxylation is 1. The number of amides is 1. The molecule has 7 nitrogen and oxygen atoms in total. The Kier molecular flexibility index (Phi) is 8.08.